The molecule has 0 radical (unpaired) electrons. The van der Waals surface area contributed by atoms with Crippen LogP contribution in [0.15, 0.2) is 102 Å². The lowest BCUT2D eigenvalue weighted by Crippen LogP contribution is -2.42. The maximum Gasteiger partial charge on any atom is 0.264 e. The third kappa shape index (κ3) is 6.21. The van der Waals surface area contributed by atoms with E-state index in [1.54, 1.807) is 49.4 Å². The van der Waals surface area contributed by atoms with Gasteiger partial charge in [0.05, 0.1) is 16.6 Å². The van der Waals surface area contributed by atoms with E-state index in [2.05, 4.69) is 5.32 Å². The van der Waals surface area contributed by atoms with Crippen LogP contribution < -0.4 is 9.62 Å². The molecule has 5 nitrogen and oxygen atoms in total. The zero-order valence-electron chi connectivity index (χ0n) is 21.0. The number of carbonyl (C=O) groups is 1. The molecule has 4 aromatic rings. The molecule has 0 heterocycles. The Hall–Kier alpha value is -3.61. The third-order valence-electron chi connectivity index (χ3n) is 6.17. The molecule has 1 atom stereocenters. The van der Waals surface area contributed by atoms with E-state index in [9.17, 15) is 13.2 Å². The van der Waals surface area contributed by atoms with Crippen LogP contribution in [0.25, 0.3) is 0 Å². The van der Waals surface area contributed by atoms with Crippen molar-refractivity contribution in [1.82, 2.24) is 5.32 Å². The summed E-state index contributed by atoms with van der Waals surface area (Å²) in [6.45, 7) is 5.27. The standard InChI is InChI=1S/C30H29ClN2O3S/c1-21-9-13-25(14-10-21)30(24-7-5-4-6-8-24)32-29(34)20-33(28-18-15-26(31)19-23(28)3)37(35,36)27-16-11-22(2)12-17-27/h4-19,30H,20H2,1-3H3,(H,32,34)/t30-/m0/s1. The second-order valence-corrected chi connectivity index (χ2v) is 11.4. The second-order valence-electron chi connectivity index (χ2n) is 9.08. The Balaban J connectivity index is 1.71. The van der Waals surface area contributed by atoms with E-state index >= 15 is 0 Å². The molecular formula is C30H29ClN2O3S. The number of nitrogens with zero attached hydrogens (tertiary/aromatic N) is 1. The van der Waals surface area contributed by atoms with Crippen LogP contribution in [0.2, 0.25) is 5.02 Å². The van der Waals surface area contributed by atoms with Gasteiger partial charge in [-0.1, -0.05) is 89.5 Å². The number of anilines is 1. The zero-order valence-corrected chi connectivity index (χ0v) is 22.6. The smallest absolute Gasteiger partial charge is 0.264 e. The van der Waals surface area contributed by atoms with Crippen molar-refractivity contribution in [3.63, 3.8) is 0 Å². The highest BCUT2D eigenvalue weighted by atomic mass is 35.5. The van der Waals surface area contributed by atoms with E-state index in [-0.39, 0.29) is 4.90 Å². The molecule has 0 fully saturated rings. The minimum atomic E-state index is -4.04. The largest absolute Gasteiger partial charge is 0.344 e. The summed E-state index contributed by atoms with van der Waals surface area (Å²) >= 11 is 6.14. The molecule has 0 bridgehead atoms. The van der Waals surface area contributed by atoms with Crippen LogP contribution in [0, 0.1) is 20.8 Å². The fourth-order valence-corrected chi connectivity index (χ4v) is 5.85. The van der Waals surface area contributed by atoms with Crippen molar-refractivity contribution >= 4 is 33.2 Å². The number of amides is 1. The molecule has 190 valence electrons. The van der Waals surface area contributed by atoms with Gasteiger partial charge >= 0.3 is 0 Å². The Morgan fingerprint density at radius 1 is 0.811 bits per heavy atom. The van der Waals surface area contributed by atoms with Crippen LogP contribution in [0.1, 0.15) is 33.9 Å². The first-order chi connectivity index (χ1) is 17.6. The van der Waals surface area contributed by atoms with Crippen LogP contribution in [0.3, 0.4) is 0 Å². The molecule has 0 saturated heterocycles. The van der Waals surface area contributed by atoms with Crippen LogP contribution in [-0.2, 0) is 14.8 Å². The number of benzene rings is 4. The average molecular weight is 533 g/mol. The van der Waals surface area contributed by atoms with Gasteiger partial charge in [-0.3, -0.25) is 9.10 Å². The van der Waals surface area contributed by atoms with Gasteiger partial charge in [0, 0.05) is 5.02 Å². The van der Waals surface area contributed by atoms with E-state index in [4.69, 9.17) is 11.6 Å². The van der Waals surface area contributed by atoms with Crippen LogP contribution in [0.4, 0.5) is 5.69 Å². The summed E-state index contributed by atoms with van der Waals surface area (Å²) in [5.41, 5.74) is 4.89. The van der Waals surface area contributed by atoms with Gasteiger partial charge in [0.15, 0.2) is 0 Å². The van der Waals surface area contributed by atoms with Gasteiger partial charge in [-0.05, 0) is 67.8 Å². The number of hydrogen-bond acceptors (Lipinski definition) is 3. The molecule has 0 unspecified atom stereocenters. The number of rotatable bonds is 8. The number of hydrogen-bond donors (Lipinski definition) is 1. The predicted octanol–water partition coefficient (Wildman–Crippen LogP) is 6.37. The molecule has 0 spiro atoms. The highest BCUT2D eigenvalue weighted by molar-refractivity contribution is 7.92. The molecule has 0 saturated carbocycles. The number of carbonyl (C=O) groups excluding carboxylic acids is 1. The molecule has 0 aromatic heterocycles. The van der Waals surface area contributed by atoms with Gasteiger partial charge < -0.3 is 5.32 Å². The van der Waals surface area contributed by atoms with E-state index < -0.39 is 28.5 Å². The van der Waals surface area contributed by atoms with E-state index in [1.807, 2.05) is 68.4 Å². The molecule has 4 rings (SSSR count). The number of sulfonamides is 1. The maximum atomic E-state index is 13.8. The minimum absolute atomic E-state index is 0.110. The van der Waals surface area contributed by atoms with Gasteiger partial charge in [-0.25, -0.2) is 8.42 Å². The molecule has 1 amide bonds. The molecule has 1 N–H and O–H groups in total. The summed E-state index contributed by atoms with van der Waals surface area (Å²) in [7, 11) is -4.04. The van der Waals surface area contributed by atoms with Gasteiger partial charge in [-0.15, -0.1) is 0 Å². The van der Waals surface area contributed by atoms with E-state index in [0.717, 1.165) is 26.6 Å². The van der Waals surface area contributed by atoms with Crippen molar-refractivity contribution in [2.45, 2.75) is 31.7 Å². The number of nitrogens with one attached hydrogen (secondary N) is 1. The SMILES string of the molecule is Cc1ccc([C@@H](NC(=O)CN(c2ccc(Cl)cc2C)S(=O)(=O)c2ccc(C)cc2)c2ccccc2)cc1. The number of halogens is 1. The zero-order chi connectivity index (χ0) is 26.6. The van der Waals surface area contributed by atoms with Gasteiger partial charge in [0.25, 0.3) is 10.0 Å². The summed E-state index contributed by atoms with van der Waals surface area (Å²) < 4.78 is 28.7. The quantitative estimate of drug-likeness (QED) is 0.287. The molecule has 0 aliphatic heterocycles. The fraction of sp³-hybridized carbons (Fsp3) is 0.167. The Morgan fingerprint density at radius 2 is 1.38 bits per heavy atom. The first-order valence-electron chi connectivity index (χ1n) is 11.9. The average Bonchev–Trinajstić information content (AvgIpc) is 2.88. The molecule has 4 aromatic carbocycles. The first kappa shape index (κ1) is 26.5. The summed E-state index contributed by atoms with van der Waals surface area (Å²) in [6, 6.07) is 28.6. The first-order valence-corrected chi connectivity index (χ1v) is 13.7. The molecule has 37 heavy (non-hydrogen) atoms. The van der Waals surface area contributed by atoms with Crippen LogP contribution in [-0.4, -0.2) is 20.9 Å². The van der Waals surface area contributed by atoms with Crippen LogP contribution in [0.5, 0.6) is 0 Å². The maximum absolute atomic E-state index is 13.8. The van der Waals surface area contributed by atoms with Gasteiger partial charge in [0.1, 0.15) is 6.54 Å². The van der Waals surface area contributed by atoms with Crippen molar-refractivity contribution < 1.29 is 13.2 Å². The highest BCUT2D eigenvalue weighted by Gasteiger charge is 2.29. The van der Waals surface area contributed by atoms with E-state index in [0.29, 0.717) is 16.3 Å². The minimum Gasteiger partial charge on any atom is -0.344 e. The lowest BCUT2D eigenvalue weighted by molar-refractivity contribution is -0.120. The second kappa shape index (κ2) is 11.2. The topological polar surface area (TPSA) is 66.5 Å². The van der Waals surface area contributed by atoms with Crippen LogP contribution >= 0.6 is 11.6 Å². The fourth-order valence-electron chi connectivity index (χ4n) is 4.14. The summed E-state index contributed by atoms with van der Waals surface area (Å²) in [5.74, 6) is -0.431. The van der Waals surface area contributed by atoms with Gasteiger partial charge in [-0.2, -0.15) is 0 Å². The Morgan fingerprint density at radius 3 is 1.97 bits per heavy atom. The Labute approximate surface area is 223 Å². The van der Waals surface area contributed by atoms with Crippen molar-refractivity contribution in [2.75, 3.05) is 10.8 Å². The lowest BCUT2D eigenvalue weighted by atomic mass is 9.98. The summed E-state index contributed by atoms with van der Waals surface area (Å²) in [5, 5.41) is 3.55. The summed E-state index contributed by atoms with van der Waals surface area (Å²) in [4.78, 5) is 13.6. The monoisotopic (exact) mass is 532 g/mol. The summed E-state index contributed by atoms with van der Waals surface area (Å²) in [6.07, 6.45) is 0. The normalized spacial score (nSPS) is 12.1. The number of aryl methyl sites for hydroxylation is 3. The molecule has 7 heteroatoms. The Bertz CT molecular complexity index is 1490. The van der Waals surface area contributed by atoms with Crippen molar-refractivity contribution in [3.05, 3.63) is 130 Å². The van der Waals surface area contributed by atoms with Gasteiger partial charge in [0.2, 0.25) is 5.91 Å². The Kier molecular flexibility index (Phi) is 8.00. The molecular weight excluding hydrogens is 504 g/mol. The van der Waals surface area contributed by atoms with Crippen molar-refractivity contribution in [2.24, 2.45) is 0 Å². The highest BCUT2D eigenvalue weighted by Crippen LogP contribution is 2.29. The van der Waals surface area contributed by atoms with E-state index in [1.165, 1.54) is 0 Å². The molecule has 0 aliphatic rings. The molecule has 0 aliphatic carbocycles. The van der Waals surface area contributed by atoms with Crippen molar-refractivity contribution in [1.29, 1.82) is 0 Å². The lowest BCUT2D eigenvalue weighted by Gasteiger charge is -2.27. The van der Waals surface area contributed by atoms with Crippen molar-refractivity contribution in [3.8, 4) is 0 Å². The third-order valence-corrected chi connectivity index (χ3v) is 8.18. The predicted molar refractivity (Wildman–Crippen MR) is 150 cm³/mol.